The highest BCUT2D eigenvalue weighted by atomic mass is 16.7. The molecule has 25 heavy (non-hydrogen) atoms. The van der Waals surface area contributed by atoms with Gasteiger partial charge in [0.25, 0.3) is 0 Å². The average molecular weight is 335 g/mol. The fourth-order valence-electron chi connectivity index (χ4n) is 2.52. The van der Waals surface area contributed by atoms with Gasteiger partial charge in [0.2, 0.25) is 12.7 Å². The molecule has 2 heterocycles. The van der Waals surface area contributed by atoms with Gasteiger partial charge in [-0.2, -0.15) is 0 Å². The number of rotatable bonds is 3. The van der Waals surface area contributed by atoms with Crippen LogP contribution in [0.15, 0.2) is 63.8 Å². The van der Waals surface area contributed by atoms with Crippen molar-refractivity contribution in [2.45, 2.75) is 0 Å². The maximum atomic E-state index is 12.1. The third kappa shape index (κ3) is 3.23. The molecule has 1 aliphatic heterocycles. The van der Waals surface area contributed by atoms with E-state index in [0.717, 1.165) is 10.9 Å². The Bertz CT molecular complexity index is 1050. The molecule has 1 N–H and O–H groups in total. The van der Waals surface area contributed by atoms with Gasteiger partial charge in [-0.3, -0.25) is 4.79 Å². The van der Waals surface area contributed by atoms with Crippen molar-refractivity contribution in [1.29, 1.82) is 0 Å². The first-order chi connectivity index (χ1) is 12.2. The van der Waals surface area contributed by atoms with Gasteiger partial charge in [-0.15, -0.1) is 0 Å². The van der Waals surface area contributed by atoms with Crippen molar-refractivity contribution in [2.75, 3.05) is 12.1 Å². The van der Waals surface area contributed by atoms with Gasteiger partial charge >= 0.3 is 5.63 Å². The zero-order valence-corrected chi connectivity index (χ0v) is 13.0. The fraction of sp³-hybridized carbons (Fsp3) is 0.0526. The van der Waals surface area contributed by atoms with E-state index < -0.39 is 5.63 Å². The number of carbonyl (C=O) groups is 1. The summed E-state index contributed by atoms with van der Waals surface area (Å²) < 4.78 is 15.6. The third-order valence-corrected chi connectivity index (χ3v) is 3.71. The number of nitrogens with one attached hydrogen (secondary N) is 1. The van der Waals surface area contributed by atoms with Crippen molar-refractivity contribution in [3.63, 3.8) is 0 Å². The second kappa shape index (κ2) is 6.16. The van der Waals surface area contributed by atoms with E-state index >= 15 is 0 Å². The zero-order valence-electron chi connectivity index (χ0n) is 13.0. The standard InChI is InChI=1S/C19H13NO5/c21-18(7-2-12-1-5-16-17(9-12)24-11-23-16)20-14-4-6-15-13(10-14)3-8-19(22)25-15/h1-10H,11H2,(H,20,21)/b7-2+. The van der Waals surface area contributed by atoms with E-state index in [2.05, 4.69) is 5.32 Å². The number of amides is 1. The number of hydrogen-bond acceptors (Lipinski definition) is 5. The summed E-state index contributed by atoms with van der Waals surface area (Å²) in [5.74, 6) is 1.09. The van der Waals surface area contributed by atoms with Gasteiger partial charge in [-0.1, -0.05) is 6.07 Å². The summed E-state index contributed by atoms with van der Waals surface area (Å²) in [5.41, 5.74) is 1.51. The average Bonchev–Trinajstić information content (AvgIpc) is 3.08. The van der Waals surface area contributed by atoms with Crippen molar-refractivity contribution < 1.29 is 18.7 Å². The SMILES string of the molecule is O=C(/C=C/c1ccc2c(c1)OCO2)Nc1ccc2oc(=O)ccc2c1. The van der Waals surface area contributed by atoms with E-state index in [1.54, 1.807) is 36.4 Å². The number of anilines is 1. The van der Waals surface area contributed by atoms with Crippen LogP contribution in [0.25, 0.3) is 17.0 Å². The van der Waals surface area contributed by atoms with E-state index in [1.807, 2.05) is 12.1 Å². The van der Waals surface area contributed by atoms with Crippen LogP contribution in [0.5, 0.6) is 11.5 Å². The zero-order chi connectivity index (χ0) is 17.2. The van der Waals surface area contributed by atoms with E-state index in [4.69, 9.17) is 13.9 Å². The Balaban J connectivity index is 1.48. The lowest BCUT2D eigenvalue weighted by atomic mass is 10.2. The van der Waals surface area contributed by atoms with Crippen LogP contribution in [0.3, 0.4) is 0 Å². The van der Waals surface area contributed by atoms with Gasteiger partial charge in [0, 0.05) is 23.2 Å². The normalized spacial score (nSPS) is 12.6. The Labute approximate surface area is 142 Å². The Hall–Kier alpha value is -3.54. The van der Waals surface area contributed by atoms with Crippen LogP contribution in [0.4, 0.5) is 5.69 Å². The molecule has 1 aromatic heterocycles. The molecule has 0 radical (unpaired) electrons. The summed E-state index contributed by atoms with van der Waals surface area (Å²) in [5, 5.41) is 3.50. The second-order valence-corrected chi connectivity index (χ2v) is 5.44. The fourth-order valence-corrected chi connectivity index (χ4v) is 2.52. The van der Waals surface area contributed by atoms with Crippen LogP contribution in [0, 0.1) is 0 Å². The van der Waals surface area contributed by atoms with Gasteiger partial charge in [0.1, 0.15) is 5.58 Å². The maximum Gasteiger partial charge on any atom is 0.336 e. The summed E-state index contributed by atoms with van der Waals surface area (Å²) in [7, 11) is 0. The molecule has 0 unspecified atom stereocenters. The first kappa shape index (κ1) is 15.0. The Morgan fingerprint density at radius 2 is 1.88 bits per heavy atom. The quantitative estimate of drug-likeness (QED) is 0.587. The monoisotopic (exact) mass is 335 g/mol. The first-order valence-corrected chi connectivity index (χ1v) is 7.60. The van der Waals surface area contributed by atoms with Crippen molar-refractivity contribution >= 4 is 28.6 Å². The molecule has 1 amide bonds. The second-order valence-electron chi connectivity index (χ2n) is 5.44. The smallest absolute Gasteiger partial charge is 0.336 e. The predicted molar refractivity (Wildman–Crippen MR) is 92.7 cm³/mol. The first-order valence-electron chi connectivity index (χ1n) is 7.60. The lowest BCUT2D eigenvalue weighted by molar-refractivity contribution is -0.111. The molecule has 0 fully saturated rings. The molecule has 0 aliphatic carbocycles. The van der Waals surface area contributed by atoms with Crippen LogP contribution in [-0.2, 0) is 4.79 Å². The third-order valence-electron chi connectivity index (χ3n) is 3.71. The summed E-state index contributed by atoms with van der Waals surface area (Å²) in [6.45, 7) is 0.213. The number of hydrogen-bond donors (Lipinski definition) is 1. The largest absolute Gasteiger partial charge is 0.454 e. The molecule has 2 aromatic carbocycles. The van der Waals surface area contributed by atoms with Crippen molar-refractivity contribution in [1.82, 2.24) is 0 Å². The molecular formula is C19H13NO5. The van der Waals surface area contributed by atoms with E-state index in [1.165, 1.54) is 12.1 Å². The minimum absolute atomic E-state index is 0.213. The molecule has 1 aliphatic rings. The topological polar surface area (TPSA) is 77.8 Å². The van der Waals surface area contributed by atoms with Crippen LogP contribution in [0.1, 0.15) is 5.56 Å². The molecule has 124 valence electrons. The molecule has 3 aromatic rings. The van der Waals surface area contributed by atoms with E-state index in [9.17, 15) is 9.59 Å². The van der Waals surface area contributed by atoms with Crippen molar-refractivity contribution in [3.05, 3.63) is 70.6 Å². The van der Waals surface area contributed by atoms with Crippen molar-refractivity contribution in [3.8, 4) is 11.5 Å². The van der Waals surface area contributed by atoms with Crippen LogP contribution >= 0.6 is 0 Å². The summed E-state index contributed by atoms with van der Waals surface area (Å²) in [4.78, 5) is 23.3. The highest BCUT2D eigenvalue weighted by molar-refractivity contribution is 6.02. The Morgan fingerprint density at radius 3 is 2.80 bits per heavy atom. The van der Waals surface area contributed by atoms with Crippen LogP contribution in [0.2, 0.25) is 0 Å². The highest BCUT2D eigenvalue weighted by Gasteiger charge is 2.12. The van der Waals surface area contributed by atoms with Gasteiger partial charge < -0.3 is 19.2 Å². The van der Waals surface area contributed by atoms with Crippen molar-refractivity contribution in [2.24, 2.45) is 0 Å². The number of benzene rings is 2. The molecule has 0 spiro atoms. The lowest BCUT2D eigenvalue weighted by Crippen LogP contribution is -2.07. The lowest BCUT2D eigenvalue weighted by Gasteiger charge is -2.03. The molecule has 0 bridgehead atoms. The van der Waals surface area contributed by atoms with Gasteiger partial charge in [-0.25, -0.2) is 4.79 Å². The molecular weight excluding hydrogens is 322 g/mol. The molecule has 0 atom stereocenters. The van der Waals surface area contributed by atoms with Crippen LogP contribution in [-0.4, -0.2) is 12.7 Å². The molecule has 0 saturated heterocycles. The van der Waals surface area contributed by atoms with Gasteiger partial charge in [0.15, 0.2) is 11.5 Å². The number of carbonyl (C=O) groups excluding carboxylic acids is 1. The number of fused-ring (bicyclic) bond motifs is 2. The molecule has 6 nitrogen and oxygen atoms in total. The van der Waals surface area contributed by atoms with Gasteiger partial charge in [0.05, 0.1) is 0 Å². The summed E-state index contributed by atoms with van der Waals surface area (Å²) >= 11 is 0. The Morgan fingerprint density at radius 1 is 1.00 bits per heavy atom. The van der Waals surface area contributed by atoms with E-state index in [0.29, 0.717) is 22.8 Å². The molecule has 6 heteroatoms. The summed E-state index contributed by atoms with van der Waals surface area (Å²) in [6.07, 6.45) is 3.13. The minimum atomic E-state index is -0.407. The van der Waals surface area contributed by atoms with Crippen LogP contribution < -0.4 is 20.4 Å². The number of ether oxygens (including phenoxy) is 2. The molecule has 0 saturated carbocycles. The highest BCUT2D eigenvalue weighted by Crippen LogP contribution is 2.32. The maximum absolute atomic E-state index is 12.1. The van der Waals surface area contributed by atoms with E-state index in [-0.39, 0.29) is 12.7 Å². The predicted octanol–water partition coefficient (Wildman–Crippen LogP) is 3.17. The Kier molecular flexibility index (Phi) is 3.70. The summed E-state index contributed by atoms with van der Waals surface area (Å²) in [6, 6.07) is 13.5. The minimum Gasteiger partial charge on any atom is -0.454 e. The molecule has 4 rings (SSSR count). The van der Waals surface area contributed by atoms with Gasteiger partial charge in [-0.05, 0) is 48.0 Å².